The molecule has 0 aromatic carbocycles. The summed E-state index contributed by atoms with van der Waals surface area (Å²) in [6.45, 7) is 6.28. The van der Waals surface area contributed by atoms with Gasteiger partial charge in [0.25, 0.3) is 0 Å². The Morgan fingerprint density at radius 3 is 2.12 bits per heavy atom. The van der Waals surface area contributed by atoms with E-state index in [1.54, 1.807) is 0 Å². The first-order valence-corrected chi connectivity index (χ1v) is 5.21. The van der Waals surface area contributed by atoms with E-state index >= 15 is 0 Å². The summed E-state index contributed by atoms with van der Waals surface area (Å²) in [5, 5.41) is 0. The fourth-order valence-corrected chi connectivity index (χ4v) is 1.24. The van der Waals surface area contributed by atoms with Gasteiger partial charge >= 0.3 is 6.18 Å². The second kappa shape index (κ2) is 4.44. The average Bonchev–Trinajstić information content (AvgIpc) is 2.13. The van der Waals surface area contributed by atoms with Gasteiger partial charge in [-0.25, -0.2) is 0 Å². The Kier molecular flexibility index (Phi) is 3.61. The van der Waals surface area contributed by atoms with Crippen LogP contribution in [-0.4, -0.2) is 4.98 Å². The lowest BCUT2D eigenvalue weighted by atomic mass is 9.90. The number of hydrogen-bond donors (Lipinski definition) is 0. The normalized spacial score (nSPS) is 12.9. The van der Waals surface area contributed by atoms with E-state index in [1.807, 2.05) is 0 Å². The molecule has 1 rings (SSSR count). The highest BCUT2D eigenvalue weighted by Crippen LogP contribution is 2.28. The number of nitrogens with zero attached hydrogens (tertiary/aromatic N) is 1. The highest BCUT2D eigenvalue weighted by atomic mass is 19.4. The third-order valence-electron chi connectivity index (χ3n) is 2.28. The maximum atomic E-state index is 12.3. The van der Waals surface area contributed by atoms with Gasteiger partial charge in [0.1, 0.15) is 0 Å². The Balaban J connectivity index is 2.66. The SMILES string of the molecule is CC(C)(C)CCc1ccc(C(F)(F)F)cn1. The molecule has 0 aliphatic rings. The summed E-state index contributed by atoms with van der Waals surface area (Å²) < 4.78 is 36.8. The first-order chi connectivity index (χ1) is 7.18. The van der Waals surface area contributed by atoms with Gasteiger partial charge in [-0.1, -0.05) is 20.8 Å². The Labute approximate surface area is 93.7 Å². The van der Waals surface area contributed by atoms with Crippen LogP contribution < -0.4 is 0 Å². The summed E-state index contributed by atoms with van der Waals surface area (Å²) in [5.41, 5.74) is 0.194. The summed E-state index contributed by atoms with van der Waals surface area (Å²) in [6.07, 6.45) is -1.78. The lowest BCUT2D eigenvalue weighted by molar-refractivity contribution is -0.137. The molecule has 1 heterocycles. The summed E-state index contributed by atoms with van der Waals surface area (Å²) in [6, 6.07) is 2.54. The monoisotopic (exact) mass is 231 g/mol. The number of pyridine rings is 1. The second-order valence-electron chi connectivity index (χ2n) is 5.10. The van der Waals surface area contributed by atoms with Gasteiger partial charge in [0.15, 0.2) is 0 Å². The van der Waals surface area contributed by atoms with Crippen molar-refractivity contribution in [1.29, 1.82) is 0 Å². The van der Waals surface area contributed by atoms with Crippen molar-refractivity contribution in [2.45, 2.75) is 39.8 Å². The number of aryl methyl sites for hydroxylation is 1. The molecule has 0 aliphatic heterocycles. The van der Waals surface area contributed by atoms with Crippen molar-refractivity contribution in [2.24, 2.45) is 5.41 Å². The molecule has 0 spiro atoms. The summed E-state index contributed by atoms with van der Waals surface area (Å²) in [5.74, 6) is 0. The molecule has 0 unspecified atom stereocenters. The molecule has 0 bridgehead atoms. The lowest BCUT2D eigenvalue weighted by Crippen LogP contribution is -2.09. The van der Waals surface area contributed by atoms with E-state index in [0.717, 1.165) is 18.7 Å². The first-order valence-electron chi connectivity index (χ1n) is 5.21. The number of hydrogen-bond acceptors (Lipinski definition) is 1. The molecule has 0 aliphatic carbocycles. The van der Waals surface area contributed by atoms with Crippen molar-refractivity contribution in [3.8, 4) is 0 Å². The predicted octanol–water partition coefficient (Wildman–Crippen LogP) is 4.08. The van der Waals surface area contributed by atoms with E-state index < -0.39 is 11.7 Å². The summed E-state index contributed by atoms with van der Waals surface area (Å²) in [4.78, 5) is 3.83. The molecular formula is C12H16F3N. The minimum absolute atomic E-state index is 0.171. The van der Waals surface area contributed by atoms with Crippen LogP contribution in [0.3, 0.4) is 0 Å². The number of aromatic nitrogens is 1. The van der Waals surface area contributed by atoms with Crippen LogP contribution in [0.15, 0.2) is 18.3 Å². The standard InChI is InChI=1S/C12H16F3N/c1-11(2,3)7-6-10-5-4-9(8-16-10)12(13,14)15/h4-5,8H,6-7H2,1-3H3. The molecule has 0 atom stereocenters. The molecule has 1 aromatic rings. The highest BCUT2D eigenvalue weighted by molar-refractivity contribution is 5.17. The number of alkyl halides is 3. The first kappa shape index (κ1) is 13.0. The maximum absolute atomic E-state index is 12.3. The van der Waals surface area contributed by atoms with E-state index in [4.69, 9.17) is 0 Å². The molecule has 0 amide bonds. The topological polar surface area (TPSA) is 12.9 Å². The van der Waals surface area contributed by atoms with Gasteiger partial charge in [-0.2, -0.15) is 13.2 Å². The number of halogens is 3. The van der Waals surface area contributed by atoms with Gasteiger partial charge in [-0.3, -0.25) is 4.98 Å². The molecule has 4 heteroatoms. The Morgan fingerprint density at radius 2 is 1.75 bits per heavy atom. The second-order valence-corrected chi connectivity index (χ2v) is 5.10. The molecule has 90 valence electrons. The summed E-state index contributed by atoms with van der Waals surface area (Å²) in [7, 11) is 0. The van der Waals surface area contributed by atoms with Crippen molar-refractivity contribution in [2.75, 3.05) is 0 Å². The van der Waals surface area contributed by atoms with Gasteiger partial charge in [0.2, 0.25) is 0 Å². The van der Waals surface area contributed by atoms with Crippen LogP contribution in [-0.2, 0) is 12.6 Å². The van der Waals surface area contributed by atoms with Gasteiger partial charge in [-0.05, 0) is 30.4 Å². The molecule has 0 fully saturated rings. The van der Waals surface area contributed by atoms with Gasteiger partial charge in [0.05, 0.1) is 5.56 Å². The predicted molar refractivity (Wildman–Crippen MR) is 57.0 cm³/mol. The van der Waals surface area contributed by atoms with Crippen LogP contribution in [0.25, 0.3) is 0 Å². The van der Waals surface area contributed by atoms with Crippen molar-refractivity contribution < 1.29 is 13.2 Å². The van der Waals surface area contributed by atoms with Crippen LogP contribution in [0.1, 0.15) is 38.4 Å². The molecule has 0 radical (unpaired) electrons. The van der Waals surface area contributed by atoms with Crippen LogP contribution in [0, 0.1) is 5.41 Å². The molecular weight excluding hydrogens is 215 g/mol. The van der Waals surface area contributed by atoms with Crippen molar-refractivity contribution in [3.05, 3.63) is 29.6 Å². The van der Waals surface area contributed by atoms with E-state index in [-0.39, 0.29) is 5.41 Å². The van der Waals surface area contributed by atoms with Crippen molar-refractivity contribution >= 4 is 0 Å². The molecule has 16 heavy (non-hydrogen) atoms. The Morgan fingerprint density at radius 1 is 1.12 bits per heavy atom. The van der Waals surface area contributed by atoms with Gasteiger partial charge in [0, 0.05) is 11.9 Å². The fraction of sp³-hybridized carbons (Fsp3) is 0.583. The molecule has 0 saturated carbocycles. The van der Waals surface area contributed by atoms with Crippen molar-refractivity contribution in [3.63, 3.8) is 0 Å². The van der Waals surface area contributed by atoms with Crippen LogP contribution in [0.5, 0.6) is 0 Å². The lowest BCUT2D eigenvalue weighted by Gasteiger charge is -2.17. The average molecular weight is 231 g/mol. The van der Waals surface area contributed by atoms with Crippen molar-refractivity contribution in [1.82, 2.24) is 4.98 Å². The summed E-state index contributed by atoms with van der Waals surface area (Å²) >= 11 is 0. The fourth-order valence-electron chi connectivity index (χ4n) is 1.24. The van der Waals surface area contributed by atoms with E-state index in [2.05, 4.69) is 25.8 Å². The Hall–Kier alpha value is -1.06. The maximum Gasteiger partial charge on any atom is 0.417 e. The largest absolute Gasteiger partial charge is 0.417 e. The van der Waals surface area contributed by atoms with Gasteiger partial charge < -0.3 is 0 Å². The number of rotatable bonds is 2. The minimum atomic E-state index is -4.30. The van der Waals surface area contributed by atoms with Crippen LogP contribution >= 0.6 is 0 Å². The van der Waals surface area contributed by atoms with E-state index in [0.29, 0.717) is 12.1 Å². The highest BCUT2D eigenvalue weighted by Gasteiger charge is 2.30. The third kappa shape index (κ3) is 4.21. The quantitative estimate of drug-likeness (QED) is 0.747. The Bertz CT molecular complexity index is 333. The molecule has 0 saturated heterocycles. The molecule has 1 aromatic heterocycles. The van der Waals surface area contributed by atoms with Gasteiger partial charge in [-0.15, -0.1) is 0 Å². The minimum Gasteiger partial charge on any atom is -0.261 e. The van der Waals surface area contributed by atoms with E-state index in [1.165, 1.54) is 6.07 Å². The zero-order chi connectivity index (χ0) is 12.4. The molecule has 0 N–H and O–H groups in total. The van der Waals surface area contributed by atoms with E-state index in [9.17, 15) is 13.2 Å². The zero-order valence-corrected chi connectivity index (χ0v) is 9.73. The third-order valence-corrected chi connectivity index (χ3v) is 2.28. The van der Waals surface area contributed by atoms with Crippen LogP contribution in [0.4, 0.5) is 13.2 Å². The van der Waals surface area contributed by atoms with Crippen LogP contribution in [0.2, 0.25) is 0 Å². The smallest absolute Gasteiger partial charge is 0.261 e. The molecule has 1 nitrogen and oxygen atoms in total. The zero-order valence-electron chi connectivity index (χ0n) is 9.73.